The van der Waals surface area contributed by atoms with E-state index in [1.54, 1.807) is 0 Å². The molecule has 1 saturated heterocycles. The lowest BCUT2D eigenvalue weighted by atomic mass is 9.52. The number of likely N-dealkylation sites (tertiary alicyclic amines) is 1. The molecular weight excluding hydrogens is 322 g/mol. The molecule has 2 aromatic rings. The van der Waals surface area contributed by atoms with Crippen LogP contribution in [-0.2, 0) is 16.6 Å². The van der Waals surface area contributed by atoms with Crippen molar-refractivity contribution >= 4 is 6.41 Å². The second-order valence-corrected chi connectivity index (χ2v) is 8.11. The predicted molar refractivity (Wildman–Crippen MR) is 101 cm³/mol. The van der Waals surface area contributed by atoms with Gasteiger partial charge in [0.25, 0.3) is 0 Å². The number of carbonyl (C=O) groups is 1. The standard InChI is InChI=1S/C23H25NO2/c25-16-24-13-12-23-11-5-4-8-20(23)22(24)14-17-9-10-19(15-21(17)23)26-18-6-2-1-3-7-18/h1-3,6-7,9-10,15-16,20,22H,4-5,8,11-14H2/t20-,22+,23+/m0/s1. The Balaban J connectivity index is 1.56. The van der Waals surface area contributed by atoms with Gasteiger partial charge in [0.05, 0.1) is 0 Å². The minimum atomic E-state index is 0.242. The van der Waals surface area contributed by atoms with Crippen LogP contribution in [0, 0.1) is 5.92 Å². The van der Waals surface area contributed by atoms with Gasteiger partial charge >= 0.3 is 0 Å². The Morgan fingerprint density at radius 3 is 2.77 bits per heavy atom. The summed E-state index contributed by atoms with van der Waals surface area (Å²) in [5.74, 6) is 2.43. The number of ether oxygens (including phenoxy) is 1. The maximum absolute atomic E-state index is 11.6. The number of hydrogen-bond acceptors (Lipinski definition) is 2. The Hall–Kier alpha value is -2.29. The van der Waals surface area contributed by atoms with Gasteiger partial charge in [-0.15, -0.1) is 0 Å². The number of para-hydroxylation sites is 1. The molecule has 0 N–H and O–H groups in total. The molecule has 2 aliphatic carbocycles. The predicted octanol–water partition coefficient (Wildman–Crippen LogP) is 4.69. The van der Waals surface area contributed by atoms with Gasteiger partial charge in [-0.2, -0.15) is 0 Å². The third kappa shape index (κ3) is 2.37. The van der Waals surface area contributed by atoms with Crippen molar-refractivity contribution in [3.8, 4) is 11.5 Å². The smallest absolute Gasteiger partial charge is 0.209 e. The molecule has 1 saturated carbocycles. The first-order valence-electron chi connectivity index (χ1n) is 9.87. The van der Waals surface area contributed by atoms with Gasteiger partial charge in [-0.05, 0) is 67.0 Å². The highest BCUT2D eigenvalue weighted by Gasteiger charge is 2.53. The Morgan fingerprint density at radius 1 is 1.04 bits per heavy atom. The molecule has 26 heavy (non-hydrogen) atoms. The normalized spacial score (nSPS) is 29.5. The van der Waals surface area contributed by atoms with Gasteiger partial charge in [0.15, 0.2) is 0 Å². The van der Waals surface area contributed by atoms with Crippen LogP contribution in [0.1, 0.15) is 43.2 Å². The zero-order valence-corrected chi connectivity index (χ0v) is 15.1. The monoisotopic (exact) mass is 347 g/mol. The van der Waals surface area contributed by atoms with E-state index >= 15 is 0 Å². The van der Waals surface area contributed by atoms with Crippen LogP contribution in [0.3, 0.4) is 0 Å². The summed E-state index contributed by atoms with van der Waals surface area (Å²) in [6.45, 7) is 0.897. The number of nitrogens with zero attached hydrogens (tertiary/aromatic N) is 1. The van der Waals surface area contributed by atoms with Crippen LogP contribution >= 0.6 is 0 Å². The largest absolute Gasteiger partial charge is 0.457 e. The lowest BCUT2D eigenvalue weighted by Gasteiger charge is -2.58. The van der Waals surface area contributed by atoms with Crippen molar-refractivity contribution < 1.29 is 9.53 Å². The first-order valence-corrected chi connectivity index (χ1v) is 9.87. The lowest BCUT2D eigenvalue weighted by Crippen LogP contribution is -2.60. The fourth-order valence-electron chi connectivity index (χ4n) is 5.83. The number of rotatable bonds is 3. The zero-order valence-electron chi connectivity index (χ0n) is 15.1. The van der Waals surface area contributed by atoms with E-state index in [4.69, 9.17) is 4.74 Å². The van der Waals surface area contributed by atoms with Gasteiger partial charge in [0, 0.05) is 18.0 Å². The van der Waals surface area contributed by atoms with Gasteiger partial charge < -0.3 is 9.64 Å². The molecule has 3 heteroatoms. The second-order valence-electron chi connectivity index (χ2n) is 8.11. The molecule has 5 rings (SSSR count). The van der Waals surface area contributed by atoms with E-state index in [1.165, 1.54) is 36.8 Å². The Morgan fingerprint density at radius 2 is 1.92 bits per heavy atom. The summed E-state index contributed by atoms with van der Waals surface area (Å²) in [5, 5.41) is 0. The fraction of sp³-hybridized carbons (Fsp3) is 0.435. The molecule has 2 bridgehead atoms. The van der Waals surface area contributed by atoms with Gasteiger partial charge in [-0.3, -0.25) is 4.79 Å². The van der Waals surface area contributed by atoms with Crippen molar-refractivity contribution in [2.24, 2.45) is 5.92 Å². The Kier molecular flexibility index (Phi) is 3.77. The molecule has 0 spiro atoms. The van der Waals surface area contributed by atoms with Crippen molar-refractivity contribution in [2.45, 2.75) is 50.0 Å². The van der Waals surface area contributed by atoms with Crippen LogP contribution in [0.4, 0.5) is 0 Å². The van der Waals surface area contributed by atoms with Crippen LogP contribution in [0.25, 0.3) is 0 Å². The highest BCUT2D eigenvalue weighted by atomic mass is 16.5. The molecule has 3 aliphatic rings. The minimum absolute atomic E-state index is 0.242. The molecule has 3 atom stereocenters. The summed E-state index contributed by atoms with van der Waals surface area (Å²) < 4.78 is 6.13. The van der Waals surface area contributed by atoms with E-state index in [0.29, 0.717) is 12.0 Å². The molecule has 0 radical (unpaired) electrons. The highest BCUT2D eigenvalue weighted by molar-refractivity contribution is 5.53. The number of benzene rings is 2. The number of piperidine rings is 1. The first kappa shape index (κ1) is 15.9. The van der Waals surface area contributed by atoms with Crippen LogP contribution in [0.15, 0.2) is 48.5 Å². The molecule has 2 fully saturated rings. The molecule has 3 nitrogen and oxygen atoms in total. The van der Waals surface area contributed by atoms with Gasteiger partial charge in [-0.25, -0.2) is 0 Å². The number of carbonyl (C=O) groups excluding carboxylic acids is 1. The quantitative estimate of drug-likeness (QED) is 0.754. The minimum Gasteiger partial charge on any atom is -0.457 e. The van der Waals surface area contributed by atoms with E-state index < -0.39 is 0 Å². The molecule has 1 aliphatic heterocycles. The summed E-state index contributed by atoms with van der Waals surface area (Å²) in [7, 11) is 0. The van der Waals surface area contributed by atoms with E-state index in [9.17, 15) is 4.79 Å². The van der Waals surface area contributed by atoms with E-state index in [-0.39, 0.29) is 5.41 Å². The van der Waals surface area contributed by atoms with Crippen molar-refractivity contribution in [3.63, 3.8) is 0 Å². The third-order valence-corrected chi connectivity index (χ3v) is 6.97. The van der Waals surface area contributed by atoms with Crippen LogP contribution in [0.2, 0.25) is 0 Å². The Labute approximate surface area is 155 Å². The molecule has 1 heterocycles. The average Bonchev–Trinajstić information content (AvgIpc) is 2.69. The lowest BCUT2D eigenvalue weighted by molar-refractivity contribution is -0.126. The van der Waals surface area contributed by atoms with Gasteiger partial charge in [0.2, 0.25) is 6.41 Å². The van der Waals surface area contributed by atoms with E-state index in [2.05, 4.69) is 23.1 Å². The van der Waals surface area contributed by atoms with E-state index in [0.717, 1.165) is 37.3 Å². The van der Waals surface area contributed by atoms with Gasteiger partial charge in [0.1, 0.15) is 11.5 Å². The average molecular weight is 347 g/mol. The maximum Gasteiger partial charge on any atom is 0.209 e. The van der Waals surface area contributed by atoms with Crippen molar-refractivity contribution in [2.75, 3.05) is 6.54 Å². The number of fused-ring (bicyclic) bond motifs is 1. The second kappa shape index (κ2) is 6.15. The number of amides is 1. The van der Waals surface area contributed by atoms with Crippen molar-refractivity contribution in [3.05, 3.63) is 59.7 Å². The van der Waals surface area contributed by atoms with Gasteiger partial charge in [-0.1, -0.05) is 37.1 Å². The third-order valence-electron chi connectivity index (χ3n) is 6.97. The first-order chi connectivity index (χ1) is 12.8. The van der Waals surface area contributed by atoms with Crippen LogP contribution in [-0.4, -0.2) is 23.9 Å². The molecule has 1 amide bonds. The molecule has 0 unspecified atom stereocenters. The summed E-state index contributed by atoms with van der Waals surface area (Å²) in [6.07, 6.45) is 8.27. The summed E-state index contributed by atoms with van der Waals surface area (Å²) in [6, 6.07) is 17.0. The molecule has 134 valence electrons. The SMILES string of the molecule is O=CN1CC[C@]23CCCC[C@H]2[C@H]1Cc1ccc(Oc2ccccc2)cc13. The van der Waals surface area contributed by atoms with Crippen LogP contribution < -0.4 is 4.74 Å². The maximum atomic E-state index is 11.6. The van der Waals surface area contributed by atoms with E-state index in [1.807, 2.05) is 30.3 Å². The molecule has 2 aromatic carbocycles. The number of hydrogen-bond donors (Lipinski definition) is 0. The zero-order chi connectivity index (χ0) is 17.6. The summed E-state index contributed by atoms with van der Waals surface area (Å²) >= 11 is 0. The molecular formula is C23H25NO2. The van der Waals surface area contributed by atoms with Crippen LogP contribution in [0.5, 0.6) is 11.5 Å². The summed E-state index contributed by atoms with van der Waals surface area (Å²) in [4.78, 5) is 13.7. The highest BCUT2D eigenvalue weighted by Crippen LogP contribution is 2.56. The van der Waals surface area contributed by atoms with Crippen molar-refractivity contribution in [1.82, 2.24) is 4.90 Å². The Bertz CT molecular complexity index is 818. The molecule has 0 aromatic heterocycles. The topological polar surface area (TPSA) is 29.5 Å². The fourth-order valence-corrected chi connectivity index (χ4v) is 5.83. The summed E-state index contributed by atoms with van der Waals surface area (Å²) in [5.41, 5.74) is 3.16. The van der Waals surface area contributed by atoms with Crippen molar-refractivity contribution in [1.29, 1.82) is 0 Å².